The van der Waals surface area contributed by atoms with E-state index in [0.29, 0.717) is 0 Å². The van der Waals surface area contributed by atoms with Crippen LogP contribution in [-0.2, 0) is 11.8 Å². The van der Waals surface area contributed by atoms with Crippen molar-refractivity contribution in [2.75, 3.05) is 0 Å². The minimum absolute atomic E-state index is 0.238. The summed E-state index contributed by atoms with van der Waals surface area (Å²) in [5.41, 5.74) is -5.78. The number of ether oxygens (including phenoxy) is 1. The molecule has 13 heteroatoms. The molecule has 0 saturated carbocycles. The molecule has 0 radical (unpaired) electrons. The number of alkyl halides is 6. The highest BCUT2D eigenvalue weighted by molar-refractivity contribution is 5.42. The first kappa shape index (κ1) is 24.4. The van der Waals surface area contributed by atoms with Crippen LogP contribution in [0.5, 0.6) is 5.75 Å². The maximum absolute atomic E-state index is 14.3. The third kappa shape index (κ3) is 4.92. The van der Waals surface area contributed by atoms with Crippen LogP contribution in [0.3, 0.4) is 0 Å². The Morgan fingerprint density at radius 1 is 0.909 bits per heavy atom. The van der Waals surface area contributed by atoms with Gasteiger partial charge in [-0.25, -0.2) is 13.2 Å². The number of aliphatic hydroxyl groups is 1. The predicted octanol–water partition coefficient (Wildman–Crippen LogP) is 5.71. The number of halogens is 9. The lowest BCUT2D eigenvalue weighted by atomic mass is 9.80. The van der Waals surface area contributed by atoms with Gasteiger partial charge in [0.1, 0.15) is 28.5 Å². The molecule has 33 heavy (non-hydrogen) atoms. The highest BCUT2D eigenvalue weighted by atomic mass is 19.4. The summed E-state index contributed by atoms with van der Waals surface area (Å²) in [4.78, 5) is 0. The van der Waals surface area contributed by atoms with Gasteiger partial charge < -0.3 is 9.84 Å². The Hall–Kier alpha value is -3.22. The molecule has 3 rings (SSSR count). The number of rotatable bonds is 5. The Morgan fingerprint density at radius 2 is 1.45 bits per heavy atom. The first-order chi connectivity index (χ1) is 15.1. The molecule has 0 saturated heterocycles. The molecule has 4 nitrogen and oxygen atoms in total. The summed E-state index contributed by atoms with van der Waals surface area (Å²) < 4.78 is 123. The monoisotopic (exact) mass is 484 g/mol. The van der Waals surface area contributed by atoms with Gasteiger partial charge in [-0.05, 0) is 42.3 Å². The minimum atomic E-state index is -5.38. The normalized spacial score (nSPS) is 15.2. The molecule has 2 unspecified atom stereocenters. The van der Waals surface area contributed by atoms with E-state index < -0.39 is 58.5 Å². The molecule has 2 aromatic carbocycles. The minimum Gasteiger partial charge on any atom is -0.406 e. The third-order valence-corrected chi connectivity index (χ3v) is 4.87. The van der Waals surface area contributed by atoms with Gasteiger partial charge in [-0.3, -0.25) is 4.68 Å². The smallest absolute Gasteiger partial charge is 0.406 e. The zero-order valence-corrected chi connectivity index (χ0v) is 16.3. The number of hydrogen-bond donors (Lipinski definition) is 1. The molecule has 1 N–H and O–H groups in total. The average Bonchev–Trinajstić information content (AvgIpc) is 3.10. The van der Waals surface area contributed by atoms with Crippen molar-refractivity contribution in [2.45, 2.75) is 31.1 Å². The first-order valence-electron chi connectivity index (χ1n) is 8.98. The molecule has 3 aromatic rings. The topological polar surface area (TPSA) is 47.3 Å². The molecule has 0 aliphatic rings. The number of benzene rings is 2. The van der Waals surface area contributed by atoms with Crippen LogP contribution in [0.15, 0.2) is 48.8 Å². The Morgan fingerprint density at radius 3 is 1.88 bits per heavy atom. The molecule has 1 heterocycles. The van der Waals surface area contributed by atoms with E-state index in [-0.39, 0.29) is 17.7 Å². The Bertz CT molecular complexity index is 1120. The second-order valence-corrected chi connectivity index (χ2v) is 6.97. The molecular formula is C20H13F9N2O2. The summed E-state index contributed by atoms with van der Waals surface area (Å²) in [6.07, 6.45) is -8.87. The highest BCUT2D eigenvalue weighted by Gasteiger charge is 2.44. The standard InChI is InChI=1S/C20H13F9N2O2/c1-10(31-9-13(21)8-30-31)18(32,11-2-4-14(5-3-11)33-20(27,28)29)12-6-15(22)17(16(23)7-12)19(24,25)26/h2-10,32H,1H3. The maximum Gasteiger partial charge on any atom is 0.573 e. The van der Waals surface area contributed by atoms with Crippen LogP contribution in [-0.4, -0.2) is 21.2 Å². The summed E-state index contributed by atoms with van der Waals surface area (Å²) in [7, 11) is 0. The van der Waals surface area contributed by atoms with E-state index in [2.05, 4.69) is 9.84 Å². The predicted molar refractivity (Wildman–Crippen MR) is 94.4 cm³/mol. The molecule has 0 spiro atoms. The molecule has 0 aliphatic heterocycles. The lowest BCUT2D eigenvalue weighted by Crippen LogP contribution is -2.37. The molecule has 178 valence electrons. The van der Waals surface area contributed by atoms with Crippen molar-refractivity contribution >= 4 is 0 Å². The Kier molecular flexibility index (Phi) is 6.13. The van der Waals surface area contributed by atoms with Gasteiger partial charge in [-0.2, -0.15) is 18.3 Å². The van der Waals surface area contributed by atoms with Crippen LogP contribution in [0, 0.1) is 17.5 Å². The third-order valence-electron chi connectivity index (χ3n) is 4.87. The fourth-order valence-corrected chi connectivity index (χ4v) is 3.34. The van der Waals surface area contributed by atoms with Crippen LogP contribution in [0.25, 0.3) is 0 Å². The van der Waals surface area contributed by atoms with Crippen LogP contribution in [0.4, 0.5) is 39.5 Å². The van der Waals surface area contributed by atoms with Crippen molar-refractivity contribution in [3.8, 4) is 5.75 Å². The maximum atomic E-state index is 14.3. The second-order valence-electron chi connectivity index (χ2n) is 6.97. The second kappa shape index (κ2) is 8.28. The molecular weight excluding hydrogens is 471 g/mol. The van der Waals surface area contributed by atoms with E-state index in [0.717, 1.165) is 41.3 Å². The lowest BCUT2D eigenvalue weighted by Gasteiger charge is -2.35. The van der Waals surface area contributed by atoms with Gasteiger partial charge in [-0.15, -0.1) is 13.2 Å². The van der Waals surface area contributed by atoms with Crippen LogP contribution in [0.1, 0.15) is 29.7 Å². The number of nitrogens with zero attached hydrogens (tertiary/aromatic N) is 2. The average molecular weight is 484 g/mol. The van der Waals surface area contributed by atoms with Crippen molar-refractivity contribution in [1.82, 2.24) is 9.78 Å². The van der Waals surface area contributed by atoms with Gasteiger partial charge in [0.25, 0.3) is 0 Å². The van der Waals surface area contributed by atoms with E-state index in [4.69, 9.17) is 0 Å². The van der Waals surface area contributed by atoms with Crippen LogP contribution >= 0.6 is 0 Å². The van der Waals surface area contributed by atoms with Gasteiger partial charge in [0.05, 0.1) is 18.4 Å². The highest BCUT2D eigenvalue weighted by Crippen LogP contribution is 2.43. The van der Waals surface area contributed by atoms with E-state index in [9.17, 15) is 44.6 Å². The van der Waals surface area contributed by atoms with Gasteiger partial charge in [0.2, 0.25) is 0 Å². The van der Waals surface area contributed by atoms with Gasteiger partial charge in [0.15, 0.2) is 5.82 Å². The van der Waals surface area contributed by atoms with Gasteiger partial charge in [-0.1, -0.05) is 12.1 Å². The number of hydrogen-bond acceptors (Lipinski definition) is 3. The van der Waals surface area contributed by atoms with Crippen molar-refractivity contribution in [2.24, 2.45) is 0 Å². The van der Waals surface area contributed by atoms with E-state index in [1.165, 1.54) is 6.92 Å². The Balaban J connectivity index is 2.19. The van der Waals surface area contributed by atoms with Crippen molar-refractivity contribution < 1.29 is 49.4 Å². The van der Waals surface area contributed by atoms with Gasteiger partial charge in [0, 0.05) is 0 Å². The summed E-state index contributed by atoms with van der Waals surface area (Å²) in [5, 5.41) is 15.1. The zero-order chi connectivity index (χ0) is 24.8. The molecule has 0 amide bonds. The molecule has 0 fully saturated rings. The summed E-state index contributed by atoms with van der Waals surface area (Å²) in [6, 6.07) is 2.45. The largest absolute Gasteiger partial charge is 0.573 e. The fourth-order valence-electron chi connectivity index (χ4n) is 3.34. The molecule has 1 aromatic heterocycles. The fraction of sp³-hybridized carbons (Fsp3) is 0.250. The van der Waals surface area contributed by atoms with Crippen molar-refractivity contribution in [3.05, 3.63) is 82.9 Å². The van der Waals surface area contributed by atoms with E-state index >= 15 is 0 Å². The molecule has 2 atom stereocenters. The van der Waals surface area contributed by atoms with E-state index in [1.807, 2.05) is 0 Å². The summed E-state index contributed by atoms with van der Waals surface area (Å²) >= 11 is 0. The van der Waals surface area contributed by atoms with Gasteiger partial charge >= 0.3 is 12.5 Å². The SMILES string of the molecule is CC(n1cc(F)cn1)C(O)(c1ccc(OC(F)(F)F)cc1)c1cc(F)c(C(F)(F)F)c(F)c1. The van der Waals surface area contributed by atoms with Crippen molar-refractivity contribution in [1.29, 1.82) is 0 Å². The van der Waals surface area contributed by atoms with E-state index in [1.54, 1.807) is 0 Å². The first-order valence-corrected chi connectivity index (χ1v) is 8.98. The Labute approximate surface area is 179 Å². The summed E-state index contributed by atoms with van der Waals surface area (Å²) in [5.74, 6) is -5.63. The summed E-state index contributed by atoms with van der Waals surface area (Å²) in [6.45, 7) is 1.21. The molecule has 0 aliphatic carbocycles. The molecule has 0 bridgehead atoms. The van der Waals surface area contributed by atoms with Crippen LogP contribution < -0.4 is 4.74 Å². The van der Waals surface area contributed by atoms with Crippen molar-refractivity contribution in [3.63, 3.8) is 0 Å². The quantitative estimate of drug-likeness (QED) is 0.472. The van der Waals surface area contributed by atoms with Crippen LogP contribution in [0.2, 0.25) is 0 Å². The number of aromatic nitrogens is 2. The zero-order valence-electron chi connectivity index (χ0n) is 16.3. The lowest BCUT2D eigenvalue weighted by molar-refractivity contribution is -0.274.